The number of esters is 2. The summed E-state index contributed by atoms with van der Waals surface area (Å²) in [5.41, 5.74) is -1.64. The smallest absolute Gasteiger partial charge is 0.348 e. The molecule has 13 atom stereocenters. The normalized spacial score (nSPS) is 55.4. The first-order valence-electron chi connectivity index (χ1n) is 12.6. The number of ketones is 1. The number of β-amino-alcohol motifs (C(OH)–C–C–N with tert-alkyl or cyclic N) is 1. The summed E-state index contributed by atoms with van der Waals surface area (Å²) in [7, 11) is 0. The summed E-state index contributed by atoms with van der Waals surface area (Å²) in [5.74, 6) is -6.99. The van der Waals surface area contributed by atoms with Crippen LogP contribution in [0.2, 0.25) is 0 Å². The molecule has 36 heavy (non-hydrogen) atoms. The maximum atomic E-state index is 13.3. The van der Waals surface area contributed by atoms with Crippen LogP contribution in [-0.2, 0) is 28.6 Å². The Kier molecular flexibility index (Phi) is 5.15. The summed E-state index contributed by atoms with van der Waals surface area (Å²) >= 11 is 0. The van der Waals surface area contributed by atoms with Crippen molar-refractivity contribution in [2.45, 2.75) is 76.0 Å². The highest BCUT2D eigenvalue weighted by atomic mass is 16.7. The van der Waals surface area contributed by atoms with Crippen LogP contribution in [0.25, 0.3) is 0 Å². The van der Waals surface area contributed by atoms with E-state index in [4.69, 9.17) is 14.2 Å². The van der Waals surface area contributed by atoms with E-state index < -0.39 is 94.6 Å². The van der Waals surface area contributed by atoms with Gasteiger partial charge in [-0.15, -0.1) is 0 Å². The fourth-order valence-corrected chi connectivity index (χ4v) is 8.84. The molecule has 1 spiro atoms. The molecule has 198 valence electrons. The molecule has 3 aliphatic heterocycles. The fraction of sp³-hybridized carbons (Fsp3) is 0.800. The molecule has 2 bridgehead atoms. The number of fused-ring (bicyclic) bond motifs is 1. The van der Waals surface area contributed by atoms with Crippen LogP contribution in [0.1, 0.15) is 33.6 Å². The molecular weight excluding hydrogens is 474 g/mol. The van der Waals surface area contributed by atoms with Crippen LogP contribution in [-0.4, -0.2) is 93.6 Å². The van der Waals surface area contributed by atoms with Gasteiger partial charge in [-0.2, -0.15) is 0 Å². The van der Waals surface area contributed by atoms with Crippen molar-refractivity contribution in [3.05, 3.63) is 11.6 Å². The maximum absolute atomic E-state index is 13.3. The van der Waals surface area contributed by atoms with Crippen molar-refractivity contribution in [3.63, 3.8) is 0 Å². The van der Waals surface area contributed by atoms with E-state index in [-0.39, 0.29) is 19.6 Å². The minimum Gasteiger partial charge on any atom is -0.459 e. The van der Waals surface area contributed by atoms with E-state index in [1.54, 1.807) is 20.8 Å². The van der Waals surface area contributed by atoms with Crippen LogP contribution < -0.4 is 5.32 Å². The largest absolute Gasteiger partial charge is 0.459 e. The highest BCUT2D eigenvalue weighted by Gasteiger charge is 2.83. The summed E-state index contributed by atoms with van der Waals surface area (Å²) in [6.07, 6.45) is -3.97. The number of aliphatic hydroxyl groups is 4. The molecule has 0 unspecified atom stereocenters. The van der Waals surface area contributed by atoms with E-state index in [1.165, 1.54) is 6.08 Å². The minimum absolute atomic E-state index is 0.0986. The average molecular weight is 508 g/mol. The van der Waals surface area contributed by atoms with Gasteiger partial charge in [0, 0.05) is 35.6 Å². The first-order valence-corrected chi connectivity index (χ1v) is 12.6. The van der Waals surface area contributed by atoms with E-state index in [0.29, 0.717) is 12.0 Å². The Labute approximate surface area is 207 Å². The molecule has 6 rings (SSSR count). The highest BCUT2D eigenvalue weighted by Crippen LogP contribution is 2.73. The van der Waals surface area contributed by atoms with E-state index in [1.807, 2.05) is 0 Å². The zero-order chi connectivity index (χ0) is 25.9. The van der Waals surface area contributed by atoms with Gasteiger partial charge in [0.2, 0.25) is 6.10 Å². The number of allylic oxidation sites excluding steroid dienone is 1. The predicted molar refractivity (Wildman–Crippen MR) is 119 cm³/mol. The third-order valence-corrected chi connectivity index (χ3v) is 10.3. The van der Waals surface area contributed by atoms with Gasteiger partial charge in [-0.25, -0.2) is 4.79 Å². The summed E-state index contributed by atoms with van der Waals surface area (Å²) < 4.78 is 17.6. The van der Waals surface area contributed by atoms with Crippen molar-refractivity contribution < 1.29 is 49.0 Å². The van der Waals surface area contributed by atoms with Crippen LogP contribution in [0.5, 0.6) is 0 Å². The quantitative estimate of drug-likeness (QED) is 0.273. The van der Waals surface area contributed by atoms with Crippen molar-refractivity contribution in [1.29, 1.82) is 0 Å². The molecule has 11 heteroatoms. The number of rotatable bonds is 2. The van der Waals surface area contributed by atoms with E-state index in [0.717, 1.165) is 0 Å². The molecule has 5 N–H and O–H groups in total. The topological polar surface area (TPSA) is 172 Å². The lowest BCUT2D eigenvalue weighted by Gasteiger charge is -2.68. The Morgan fingerprint density at radius 1 is 1.22 bits per heavy atom. The SMILES string of the molecule is CC1=CC(=O)[C@@H](O)[C@]2(C)[C@H]3[C@@]4(O)OC[C@]35[C@H]([C@@H](C)[C@H]4O)[C@@H](OC(=O)[C@@H]3C[C@@H](O)CN3)C(=O)O[C@@H]5C[C@@H]12. The highest BCUT2D eigenvalue weighted by molar-refractivity contribution is 5.96. The van der Waals surface area contributed by atoms with Gasteiger partial charge in [-0.05, 0) is 31.3 Å². The molecular formula is C25H33NO10. The van der Waals surface area contributed by atoms with Gasteiger partial charge in [0.1, 0.15) is 24.4 Å². The van der Waals surface area contributed by atoms with Gasteiger partial charge >= 0.3 is 11.9 Å². The zero-order valence-electron chi connectivity index (χ0n) is 20.4. The first-order chi connectivity index (χ1) is 16.9. The second-order valence-electron chi connectivity index (χ2n) is 11.9. The predicted octanol–water partition coefficient (Wildman–Crippen LogP) is -1.59. The van der Waals surface area contributed by atoms with Crippen LogP contribution in [0.15, 0.2) is 11.6 Å². The van der Waals surface area contributed by atoms with Crippen LogP contribution >= 0.6 is 0 Å². The molecule has 0 aromatic rings. The van der Waals surface area contributed by atoms with Gasteiger partial charge < -0.3 is 40.0 Å². The third kappa shape index (κ3) is 2.76. The van der Waals surface area contributed by atoms with Gasteiger partial charge in [-0.3, -0.25) is 9.59 Å². The van der Waals surface area contributed by atoms with Crippen molar-refractivity contribution in [3.8, 4) is 0 Å². The number of carbonyl (C=O) groups is 3. The van der Waals surface area contributed by atoms with Crippen molar-refractivity contribution in [1.82, 2.24) is 5.32 Å². The molecule has 11 nitrogen and oxygen atoms in total. The van der Waals surface area contributed by atoms with E-state index >= 15 is 0 Å². The van der Waals surface area contributed by atoms with Crippen LogP contribution in [0.4, 0.5) is 0 Å². The van der Waals surface area contributed by atoms with E-state index in [2.05, 4.69) is 5.32 Å². The minimum atomic E-state index is -2.10. The second-order valence-corrected chi connectivity index (χ2v) is 11.9. The zero-order valence-corrected chi connectivity index (χ0v) is 20.4. The average Bonchev–Trinajstić information content (AvgIpc) is 3.38. The molecule has 3 saturated heterocycles. The molecule has 0 aromatic carbocycles. The number of aliphatic hydroxyl groups excluding tert-OH is 3. The number of carbonyl (C=O) groups excluding carboxylic acids is 3. The number of ether oxygens (including phenoxy) is 3. The Bertz CT molecular complexity index is 1060. The van der Waals surface area contributed by atoms with Gasteiger partial charge in [-0.1, -0.05) is 19.4 Å². The number of nitrogens with one attached hydrogen (secondary N) is 1. The summed E-state index contributed by atoms with van der Waals surface area (Å²) in [6, 6.07) is -0.793. The monoisotopic (exact) mass is 507 g/mol. The Morgan fingerprint density at radius 3 is 2.61 bits per heavy atom. The molecule has 3 aliphatic carbocycles. The van der Waals surface area contributed by atoms with Crippen molar-refractivity contribution >= 4 is 17.7 Å². The Hall–Kier alpha value is -1.89. The van der Waals surface area contributed by atoms with Crippen LogP contribution in [0, 0.1) is 34.5 Å². The maximum Gasteiger partial charge on any atom is 0.348 e. The number of hydrogen-bond acceptors (Lipinski definition) is 11. The fourth-order valence-electron chi connectivity index (χ4n) is 8.84. The lowest BCUT2D eigenvalue weighted by atomic mass is 9.38. The van der Waals surface area contributed by atoms with Crippen molar-refractivity contribution in [2.75, 3.05) is 13.2 Å². The third-order valence-electron chi connectivity index (χ3n) is 10.3. The van der Waals surface area contributed by atoms with Gasteiger partial charge in [0.15, 0.2) is 11.6 Å². The second kappa shape index (κ2) is 7.58. The van der Waals surface area contributed by atoms with Gasteiger partial charge in [0.05, 0.1) is 12.7 Å². The first kappa shape index (κ1) is 24.4. The summed E-state index contributed by atoms with van der Waals surface area (Å²) in [6.45, 7) is 5.29. The van der Waals surface area contributed by atoms with Crippen molar-refractivity contribution in [2.24, 2.45) is 34.5 Å². The number of hydrogen-bond donors (Lipinski definition) is 5. The Morgan fingerprint density at radius 2 is 1.94 bits per heavy atom. The summed E-state index contributed by atoms with van der Waals surface area (Å²) in [5, 5.41) is 47.1. The standard InChI is InChI=1S/C25H33NO10/c1-9-4-14(28)19(30)23(3)12(9)6-15-24-8-34-25(33,22(23)24)18(29)10(2)16(24)17(21(32)35-15)36-20(31)13-5-11(27)7-26-13/h4,10-13,15-19,22,26-27,29-30,33H,5-8H2,1-3H3/t10-,11-,12+,13+,15-,16-,17-,18-,19-,22-,23-,24+,25+/m1/s1. The molecule has 0 aromatic heterocycles. The lowest BCUT2D eigenvalue weighted by molar-refractivity contribution is -0.340. The summed E-state index contributed by atoms with van der Waals surface area (Å²) in [4.78, 5) is 39.1. The van der Waals surface area contributed by atoms with E-state index in [9.17, 15) is 34.8 Å². The molecule has 0 radical (unpaired) electrons. The molecule has 6 aliphatic rings. The Balaban J connectivity index is 1.47. The molecule has 2 saturated carbocycles. The van der Waals surface area contributed by atoms with Crippen LogP contribution in [0.3, 0.4) is 0 Å². The molecule has 5 fully saturated rings. The lowest BCUT2D eigenvalue weighted by Crippen LogP contribution is -2.78. The molecule has 3 heterocycles. The van der Waals surface area contributed by atoms with Gasteiger partial charge in [0.25, 0.3) is 0 Å². The molecule has 0 amide bonds.